The topological polar surface area (TPSA) is 38.8 Å². The van der Waals surface area contributed by atoms with E-state index in [1.807, 2.05) is 4.90 Å². The van der Waals surface area contributed by atoms with Gasteiger partial charge in [0.2, 0.25) is 6.41 Å². The smallest absolute Gasteiger partial charge is 0.399 e. The number of rotatable bonds is 3. The van der Waals surface area contributed by atoms with Gasteiger partial charge in [0.25, 0.3) is 0 Å². The van der Waals surface area contributed by atoms with E-state index in [0.29, 0.717) is 11.3 Å². The number of piperidine rings is 1. The van der Waals surface area contributed by atoms with E-state index >= 15 is 0 Å². The van der Waals surface area contributed by atoms with Crippen LogP contribution >= 0.6 is 0 Å². The molecule has 3 aliphatic rings. The van der Waals surface area contributed by atoms with Crippen LogP contribution in [0.25, 0.3) is 0 Å². The van der Waals surface area contributed by atoms with Crippen LogP contribution in [-0.2, 0) is 14.1 Å². The molecular formula is C20H28BNO3. The molecule has 25 heavy (non-hydrogen) atoms. The molecule has 1 aromatic carbocycles. The molecule has 1 amide bonds. The Morgan fingerprint density at radius 1 is 1.04 bits per heavy atom. The van der Waals surface area contributed by atoms with Crippen molar-refractivity contribution in [3.05, 3.63) is 29.8 Å². The molecule has 1 atom stereocenters. The zero-order valence-electron chi connectivity index (χ0n) is 15.7. The van der Waals surface area contributed by atoms with Crippen molar-refractivity contribution in [1.82, 2.24) is 4.90 Å². The first-order chi connectivity index (χ1) is 11.8. The van der Waals surface area contributed by atoms with Crippen LogP contribution in [0, 0.1) is 5.41 Å². The summed E-state index contributed by atoms with van der Waals surface area (Å²) in [5.74, 6) is 0.647. The maximum atomic E-state index is 10.9. The molecule has 1 saturated carbocycles. The molecule has 0 radical (unpaired) electrons. The highest BCUT2D eigenvalue weighted by molar-refractivity contribution is 6.62. The fourth-order valence-electron chi connectivity index (χ4n) is 4.31. The molecule has 2 aliphatic heterocycles. The summed E-state index contributed by atoms with van der Waals surface area (Å²) in [6.45, 7) is 10.2. The molecule has 1 aromatic rings. The van der Waals surface area contributed by atoms with Crippen LogP contribution in [0.1, 0.15) is 58.4 Å². The Morgan fingerprint density at radius 3 is 2.12 bits per heavy atom. The van der Waals surface area contributed by atoms with E-state index in [-0.39, 0.29) is 18.3 Å². The molecule has 2 heterocycles. The van der Waals surface area contributed by atoms with Gasteiger partial charge in [0.15, 0.2) is 0 Å². The summed E-state index contributed by atoms with van der Waals surface area (Å²) in [5.41, 5.74) is 2.34. The Balaban J connectivity index is 1.43. The van der Waals surface area contributed by atoms with Gasteiger partial charge >= 0.3 is 7.12 Å². The van der Waals surface area contributed by atoms with Crippen molar-refractivity contribution in [3.8, 4) is 0 Å². The number of hydrogen-bond donors (Lipinski definition) is 0. The summed E-state index contributed by atoms with van der Waals surface area (Å²) in [5, 5.41) is 0. The van der Waals surface area contributed by atoms with Crippen LogP contribution in [0.5, 0.6) is 0 Å². The maximum Gasteiger partial charge on any atom is 0.494 e. The second-order valence-electron chi connectivity index (χ2n) is 9.02. The van der Waals surface area contributed by atoms with Gasteiger partial charge in [-0.3, -0.25) is 4.79 Å². The molecule has 3 fully saturated rings. The number of carbonyl (C=O) groups excluding carboxylic acids is 1. The van der Waals surface area contributed by atoms with Crippen molar-refractivity contribution in [1.29, 1.82) is 0 Å². The highest BCUT2D eigenvalue weighted by atomic mass is 16.7. The lowest BCUT2D eigenvalue weighted by molar-refractivity contribution is -0.119. The molecule has 5 heteroatoms. The lowest BCUT2D eigenvalue weighted by Crippen LogP contribution is -2.41. The fraction of sp³-hybridized carbons (Fsp3) is 0.650. The summed E-state index contributed by atoms with van der Waals surface area (Å²) in [7, 11) is -0.289. The average Bonchev–Trinajstić information content (AvgIpc) is 3.22. The number of carbonyl (C=O) groups is 1. The van der Waals surface area contributed by atoms with Crippen molar-refractivity contribution in [2.75, 3.05) is 13.1 Å². The van der Waals surface area contributed by atoms with Crippen LogP contribution in [0.4, 0.5) is 0 Å². The minimum Gasteiger partial charge on any atom is -0.399 e. The Kier molecular flexibility index (Phi) is 3.82. The third-order valence-corrected chi connectivity index (χ3v) is 7.00. The van der Waals surface area contributed by atoms with Crippen LogP contribution in [-0.4, -0.2) is 42.7 Å². The van der Waals surface area contributed by atoms with E-state index in [1.165, 1.54) is 12.0 Å². The molecule has 0 bridgehead atoms. The van der Waals surface area contributed by atoms with E-state index in [9.17, 15) is 4.79 Å². The number of nitrogens with zero attached hydrogens (tertiary/aromatic N) is 1. The number of benzene rings is 1. The molecule has 4 nitrogen and oxygen atoms in total. The van der Waals surface area contributed by atoms with Crippen LogP contribution in [0.3, 0.4) is 0 Å². The van der Waals surface area contributed by atoms with Crippen molar-refractivity contribution in [2.24, 2.45) is 5.41 Å². The predicted octanol–water partition coefficient (Wildman–Crippen LogP) is 2.71. The van der Waals surface area contributed by atoms with E-state index in [2.05, 4.69) is 52.0 Å². The van der Waals surface area contributed by atoms with Gasteiger partial charge in [-0.05, 0) is 69.3 Å². The minimum atomic E-state index is -0.302. The molecule has 1 unspecified atom stereocenters. The fourth-order valence-corrected chi connectivity index (χ4v) is 4.31. The molecule has 4 rings (SSSR count). The minimum absolute atomic E-state index is 0.289. The summed E-state index contributed by atoms with van der Waals surface area (Å²) < 4.78 is 12.3. The molecule has 2 saturated heterocycles. The zero-order chi connectivity index (χ0) is 17.9. The Labute approximate surface area is 151 Å². The Morgan fingerprint density at radius 2 is 1.60 bits per heavy atom. The first kappa shape index (κ1) is 17.1. The van der Waals surface area contributed by atoms with E-state index in [0.717, 1.165) is 37.8 Å². The third kappa shape index (κ3) is 2.82. The largest absolute Gasteiger partial charge is 0.494 e. The van der Waals surface area contributed by atoms with E-state index < -0.39 is 0 Å². The van der Waals surface area contributed by atoms with Gasteiger partial charge in [-0.2, -0.15) is 0 Å². The van der Waals surface area contributed by atoms with E-state index in [4.69, 9.17) is 9.31 Å². The SMILES string of the molecule is CC1(C)OB(c2ccc(C3CC34CCN(C=O)CC4)cc2)OC1(C)C. The predicted molar refractivity (Wildman–Crippen MR) is 98.8 cm³/mol. The summed E-state index contributed by atoms with van der Waals surface area (Å²) in [4.78, 5) is 12.8. The second kappa shape index (κ2) is 5.58. The lowest BCUT2D eigenvalue weighted by Gasteiger charge is -2.32. The number of likely N-dealkylation sites (tertiary alicyclic amines) is 1. The first-order valence-corrected chi connectivity index (χ1v) is 9.41. The zero-order valence-corrected chi connectivity index (χ0v) is 15.7. The maximum absolute atomic E-state index is 10.9. The lowest BCUT2D eigenvalue weighted by atomic mass is 9.78. The summed E-state index contributed by atoms with van der Waals surface area (Å²) in [6, 6.07) is 8.80. The molecular weight excluding hydrogens is 313 g/mol. The molecule has 0 aromatic heterocycles. The van der Waals surface area contributed by atoms with Crippen molar-refractivity contribution >= 4 is 19.0 Å². The molecule has 134 valence electrons. The highest BCUT2D eigenvalue weighted by Gasteiger charge is 2.55. The standard InChI is InChI=1S/C20H28BNO3/c1-18(2)19(3,4)25-21(24-18)16-7-5-15(6-8-16)17-13-20(17)9-11-22(14-23)12-10-20/h5-8,14,17H,9-13H2,1-4H3. The van der Waals surface area contributed by atoms with Gasteiger partial charge in [0.05, 0.1) is 11.2 Å². The number of hydrogen-bond acceptors (Lipinski definition) is 3. The van der Waals surface area contributed by atoms with Crippen molar-refractivity contribution in [2.45, 2.75) is 64.1 Å². The first-order valence-electron chi connectivity index (χ1n) is 9.41. The van der Waals surface area contributed by atoms with Gasteiger partial charge in [0, 0.05) is 13.1 Å². The molecule has 1 aliphatic carbocycles. The van der Waals surface area contributed by atoms with Gasteiger partial charge in [-0.1, -0.05) is 24.3 Å². The van der Waals surface area contributed by atoms with Crippen LogP contribution in [0.2, 0.25) is 0 Å². The monoisotopic (exact) mass is 341 g/mol. The van der Waals surface area contributed by atoms with Crippen LogP contribution < -0.4 is 5.46 Å². The van der Waals surface area contributed by atoms with Crippen molar-refractivity contribution < 1.29 is 14.1 Å². The summed E-state index contributed by atoms with van der Waals surface area (Å²) >= 11 is 0. The van der Waals surface area contributed by atoms with Gasteiger partial charge in [-0.15, -0.1) is 0 Å². The summed E-state index contributed by atoms with van der Waals surface area (Å²) in [6.07, 6.45) is 4.52. The quantitative estimate of drug-likeness (QED) is 0.627. The normalized spacial score (nSPS) is 29.0. The van der Waals surface area contributed by atoms with Gasteiger partial charge in [-0.25, -0.2) is 0 Å². The highest BCUT2D eigenvalue weighted by Crippen LogP contribution is 2.64. The van der Waals surface area contributed by atoms with E-state index in [1.54, 1.807) is 0 Å². The van der Waals surface area contributed by atoms with Gasteiger partial charge in [0.1, 0.15) is 0 Å². The number of amides is 1. The second-order valence-corrected chi connectivity index (χ2v) is 9.02. The third-order valence-electron chi connectivity index (χ3n) is 7.00. The molecule has 1 spiro atoms. The van der Waals surface area contributed by atoms with Gasteiger partial charge < -0.3 is 14.2 Å². The van der Waals surface area contributed by atoms with Crippen molar-refractivity contribution in [3.63, 3.8) is 0 Å². The Bertz CT molecular complexity index is 646. The van der Waals surface area contributed by atoms with Crippen LogP contribution in [0.15, 0.2) is 24.3 Å². The average molecular weight is 341 g/mol. The Hall–Kier alpha value is -1.33. The molecule has 0 N–H and O–H groups in total.